The third-order valence-corrected chi connectivity index (χ3v) is 6.37. The molecular formula is C18H20N2O5S. The van der Waals surface area contributed by atoms with Crippen molar-refractivity contribution in [2.24, 2.45) is 0 Å². The van der Waals surface area contributed by atoms with E-state index >= 15 is 0 Å². The minimum Gasteiger partial charge on any atom is -0.495 e. The summed E-state index contributed by atoms with van der Waals surface area (Å²) in [6.45, 7) is 0.241. The van der Waals surface area contributed by atoms with Crippen LogP contribution in [0.3, 0.4) is 0 Å². The number of hydrogen-bond acceptors (Lipinski definition) is 5. The maximum atomic E-state index is 12.8. The Bertz CT molecular complexity index is 908. The van der Waals surface area contributed by atoms with Crippen molar-refractivity contribution in [3.63, 3.8) is 0 Å². The lowest BCUT2D eigenvalue weighted by Gasteiger charge is -2.42. The van der Waals surface area contributed by atoms with E-state index in [1.165, 1.54) is 19.2 Å². The quantitative estimate of drug-likeness (QED) is 0.592. The van der Waals surface area contributed by atoms with Gasteiger partial charge < -0.3 is 4.74 Å². The highest BCUT2D eigenvalue weighted by Crippen LogP contribution is 2.43. The van der Waals surface area contributed by atoms with Crippen LogP contribution in [0.15, 0.2) is 53.4 Å². The van der Waals surface area contributed by atoms with Crippen LogP contribution in [0.5, 0.6) is 5.75 Å². The SMILES string of the molecule is COc1ccc([N+](=O)[O-])cc1S(=O)(=O)NCC1(c2ccccc2)CCC1. The molecule has 0 amide bonds. The number of sulfonamides is 1. The zero-order chi connectivity index (χ0) is 18.8. The van der Waals surface area contributed by atoms with Crippen LogP contribution >= 0.6 is 0 Å². The van der Waals surface area contributed by atoms with Gasteiger partial charge in [-0.2, -0.15) is 0 Å². The van der Waals surface area contributed by atoms with Crippen LogP contribution in [0.2, 0.25) is 0 Å². The molecule has 0 aliphatic heterocycles. The average Bonchev–Trinajstić information content (AvgIpc) is 2.61. The molecule has 0 saturated heterocycles. The molecule has 2 aromatic rings. The summed E-state index contributed by atoms with van der Waals surface area (Å²) in [7, 11) is -2.62. The second-order valence-electron chi connectivity index (χ2n) is 6.42. The van der Waals surface area contributed by atoms with Gasteiger partial charge in [-0.15, -0.1) is 0 Å². The smallest absolute Gasteiger partial charge is 0.271 e. The summed E-state index contributed by atoms with van der Waals surface area (Å²) in [6.07, 6.45) is 2.83. The van der Waals surface area contributed by atoms with E-state index in [0.29, 0.717) is 0 Å². The van der Waals surface area contributed by atoms with E-state index in [4.69, 9.17) is 4.74 Å². The molecule has 0 aromatic heterocycles. The first kappa shape index (κ1) is 18.3. The van der Waals surface area contributed by atoms with Crippen molar-refractivity contribution in [1.82, 2.24) is 4.72 Å². The third-order valence-electron chi connectivity index (χ3n) is 4.94. The van der Waals surface area contributed by atoms with Crippen LogP contribution in [-0.4, -0.2) is 27.0 Å². The van der Waals surface area contributed by atoms with E-state index in [-0.39, 0.29) is 28.3 Å². The van der Waals surface area contributed by atoms with E-state index in [1.54, 1.807) is 0 Å². The lowest BCUT2D eigenvalue weighted by molar-refractivity contribution is -0.385. The first-order valence-corrected chi connectivity index (χ1v) is 9.74. The summed E-state index contributed by atoms with van der Waals surface area (Å²) < 4.78 is 33.3. The molecule has 1 aliphatic carbocycles. The molecule has 0 unspecified atom stereocenters. The van der Waals surface area contributed by atoms with E-state index in [9.17, 15) is 18.5 Å². The number of nitrogens with one attached hydrogen (secondary N) is 1. The minimum absolute atomic E-state index is 0.0745. The van der Waals surface area contributed by atoms with Crippen molar-refractivity contribution in [1.29, 1.82) is 0 Å². The molecule has 0 radical (unpaired) electrons. The standard InChI is InChI=1S/C18H20N2O5S/c1-25-16-9-8-15(20(21)22)12-17(16)26(23,24)19-13-18(10-5-11-18)14-6-3-2-4-7-14/h2-4,6-9,12,19H,5,10-11,13H2,1H3. The molecule has 1 N–H and O–H groups in total. The van der Waals surface area contributed by atoms with Gasteiger partial charge in [0.15, 0.2) is 0 Å². The normalized spacial score (nSPS) is 15.9. The molecule has 3 rings (SSSR count). The van der Waals surface area contributed by atoms with E-state index in [0.717, 1.165) is 30.9 Å². The summed E-state index contributed by atoms with van der Waals surface area (Å²) in [5.74, 6) is 0.0745. The van der Waals surface area contributed by atoms with E-state index in [1.807, 2.05) is 30.3 Å². The predicted molar refractivity (Wildman–Crippen MR) is 96.8 cm³/mol. The maximum Gasteiger partial charge on any atom is 0.271 e. The van der Waals surface area contributed by atoms with Crippen molar-refractivity contribution in [3.05, 3.63) is 64.2 Å². The van der Waals surface area contributed by atoms with Gasteiger partial charge in [0.25, 0.3) is 5.69 Å². The van der Waals surface area contributed by atoms with Gasteiger partial charge in [0.1, 0.15) is 10.6 Å². The highest BCUT2D eigenvalue weighted by molar-refractivity contribution is 7.89. The Morgan fingerprint density at radius 1 is 1.19 bits per heavy atom. The first-order valence-electron chi connectivity index (χ1n) is 8.26. The van der Waals surface area contributed by atoms with Gasteiger partial charge in [-0.05, 0) is 24.5 Å². The summed E-state index contributed by atoms with van der Waals surface area (Å²) in [4.78, 5) is 10.1. The van der Waals surface area contributed by atoms with Crippen molar-refractivity contribution in [3.8, 4) is 5.75 Å². The number of nitrogens with zero attached hydrogens (tertiary/aromatic N) is 1. The largest absolute Gasteiger partial charge is 0.495 e. The van der Waals surface area contributed by atoms with E-state index < -0.39 is 14.9 Å². The van der Waals surface area contributed by atoms with E-state index in [2.05, 4.69) is 4.72 Å². The van der Waals surface area contributed by atoms with Gasteiger partial charge in [0.2, 0.25) is 10.0 Å². The molecule has 0 heterocycles. The van der Waals surface area contributed by atoms with Gasteiger partial charge >= 0.3 is 0 Å². The second-order valence-corrected chi connectivity index (χ2v) is 8.15. The van der Waals surface area contributed by atoms with Crippen molar-refractivity contribution in [2.75, 3.05) is 13.7 Å². The number of rotatable bonds is 7. The minimum atomic E-state index is -3.96. The maximum absolute atomic E-state index is 12.8. The summed E-state index contributed by atoms with van der Waals surface area (Å²) in [5.41, 5.74) is 0.565. The number of hydrogen-bond donors (Lipinski definition) is 1. The van der Waals surface area contributed by atoms with Crippen LogP contribution in [-0.2, 0) is 15.4 Å². The van der Waals surface area contributed by atoms with Gasteiger partial charge in [-0.3, -0.25) is 10.1 Å². The molecule has 0 atom stereocenters. The Morgan fingerprint density at radius 3 is 2.42 bits per heavy atom. The number of methoxy groups -OCH3 is 1. The number of non-ortho nitro benzene ring substituents is 1. The molecule has 26 heavy (non-hydrogen) atoms. The van der Waals surface area contributed by atoms with Crippen LogP contribution in [0.25, 0.3) is 0 Å². The van der Waals surface area contributed by atoms with Crippen LogP contribution < -0.4 is 9.46 Å². The number of nitro benzene ring substituents is 1. The molecule has 1 fully saturated rings. The highest BCUT2D eigenvalue weighted by atomic mass is 32.2. The highest BCUT2D eigenvalue weighted by Gasteiger charge is 2.39. The molecule has 2 aromatic carbocycles. The molecule has 138 valence electrons. The zero-order valence-corrected chi connectivity index (χ0v) is 15.2. The van der Waals surface area contributed by atoms with Crippen LogP contribution in [0.4, 0.5) is 5.69 Å². The fourth-order valence-corrected chi connectivity index (χ4v) is 4.58. The van der Waals surface area contributed by atoms with Crippen LogP contribution in [0, 0.1) is 10.1 Å². The number of benzene rings is 2. The molecule has 1 aliphatic rings. The van der Waals surface area contributed by atoms with Gasteiger partial charge in [-0.25, -0.2) is 13.1 Å². The average molecular weight is 376 g/mol. The summed E-state index contributed by atoms with van der Waals surface area (Å²) >= 11 is 0. The van der Waals surface area contributed by atoms with Crippen LogP contribution in [0.1, 0.15) is 24.8 Å². The van der Waals surface area contributed by atoms with Crippen molar-refractivity contribution >= 4 is 15.7 Å². The van der Waals surface area contributed by atoms with Crippen molar-refractivity contribution < 1.29 is 18.1 Å². The number of ether oxygens (including phenoxy) is 1. The Balaban J connectivity index is 1.88. The summed E-state index contributed by atoms with van der Waals surface area (Å²) in [5, 5.41) is 11.0. The Kier molecular flexibility index (Phi) is 4.97. The van der Waals surface area contributed by atoms with Gasteiger partial charge in [-0.1, -0.05) is 36.8 Å². The van der Waals surface area contributed by atoms with Crippen molar-refractivity contribution in [2.45, 2.75) is 29.6 Å². The first-order chi connectivity index (χ1) is 12.4. The third kappa shape index (κ3) is 3.42. The Hall–Kier alpha value is -2.45. The fraction of sp³-hybridized carbons (Fsp3) is 0.333. The van der Waals surface area contributed by atoms with Gasteiger partial charge in [0, 0.05) is 24.1 Å². The second kappa shape index (κ2) is 7.05. The fourth-order valence-electron chi connectivity index (χ4n) is 3.26. The number of nitro groups is 1. The lowest BCUT2D eigenvalue weighted by Crippen LogP contribution is -2.45. The lowest BCUT2D eigenvalue weighted by atomic mass is 9.64. The molecule has 0 spiro atoms. The van der Waals surface area contributed by atoms with Gasteiger partial charge in [0.05, 0.1) is 12.0 Å². The molecule has 8 heteroatoms. The monoisotopic (exact) mass is 376 g/mol. The molecule has 1 saturated carbocycles. The molecule has 0 bridgehead atoms. The predicted octanol–water partition coefficient (Wildman–Crippen LogP) is 3.00. The topological polar surface area (TPSA) is 98.5 Å². The Morgan fingerprint density at radius 2 is 1.88 bits per heavy atom. The zero-order valence-electron chi connectivity index (χ0n) is 14.3. The summed E-state index contributed by atoms with van der Waals surface area (Å²) in [6, 6.07) is 13.3. The molecule has 7 nitrogen and oxygen atoms in total. The Labute approximate surface area is 152 Å². The molecular weight excluding hydrogens is 356 g/mol.